The van der Waals surface area contributed by atoms with Gasteiger partial charge >= 0.3 is 5.97 Å². The lowest BCUT2D eigenvalue weighted by Crippen LogP contribution is -2.21. The minimum atomic E-state index is -3.85. The lowest BCUT2D eigenvalue weighted by atomic mass is 10.2. The van der Waals surface area contributed by atoms with E-state index in [9.17, 15) is 27.9 Å². The number of carbonyl (C=O) groups is 3. The normalized spacial score (nSPS) is 10.9. The summed E-state index contributed by atoms with van der Waals surface area (Å²) in [6.07, 6.45) is 0. The number of esters is 1. The Morgan fingerprint density at radius 3 is 2.34 bits per heavy atom. The van der Waals surface area contributed by atoms with Crippen molar-refractivity contribution in [3.8, 4) is 5.75 Å². The van der Waals surface area contributed by atoms with Crippen molar-refractivity contribution in [1.29, 1.82) is 0 Å². The highest BCUT2D eigenvalue weighted by molar-refractivity contribution is 7.94. The number of ether oxygens (including phenoxy) is 1. The Morgan fingerprint density at radius 2 is 1.72 bits per heavy atom. The van der Waals surface area contributed by atoms with Crippen LogP contribution in [0.4, 0.5) is 11.4 Å². The first-order chi connectivity index (χ1) is 15.2. The van der Waals surface area contributed by atoms with Gasteiger partial charge in [0, 0.05) is 16.9 Å². The van der Waals surface area contributed by atoms with Crippen molar-refractivity contribution in [2.45, 2.75) is 4.21 Å². The topological polar surface area (TPSA) is 165 Å². The molecule has 0 atom stereocenters. The molecule has 0 unspecified atom stereocenters. The zero-order valence-corrected chi connectivity index (χ0v) is 17.9. The SMILES string of the molecule is NC(=O)c1ccc(NC(=O)COC(=O)c2cc(NS(=O)(=O)c3cccs3)ccc2O)cc1. The number of sulfonamides is 1. The van der Waals surface area contributed by atoms with Crippen LogP contribution >= 0.6 is 11.3 Å². The summed E-state index contributed by atoms with van der Waals surface area (Å²) in [5.41, 5.74) is 5.46. The van der Waals surface area contributed by atoms with E-state index in [4.69, 9.17) is 10.5 Å². The summed E-state index contributed by atoms with van der Waals surface area (Å²) in [5, 5.41) is 14.0. The maximum absolute atomic E-state index is 12.3. The Balaban J connectivity index is 1.62. The summed E-state index contributed by atoms with van der Waals surface area (Å²) in [6.45, 7) is -0.666. The summed E-state index contributed by atoms with van der Waals surface area (Å²) in [5.74, 6) is -2.76. The molecule has 2 amide bonds. The first-order valence-corrected chi connectivity index (χ1v) is 11.3. The van der Waals surface area contributed by atoms with Crippen molar-refractivity contribution in [2.24, 2.45) is 5.73 Å². The first-order valence-electron chi connectivity index (χ1n) is 8.92. The molecule has 0 aliphatic rings. The Kier molecular flexibility index (Phi) is 6.76. The third kappa shape index (κ3) is 5.62. The molecular formula is C20H17N3O7S2. The summed E-state index contributed by atoms with van der Waals surface area (Å²) in [7, 11) is -3.85. The molecule has 0 aliphatic carbocycles. The van der Waals surface area contributed by atoms with Crippen LogP contribution in [0.2, 0.25) is 0 Å². The van der Waals surface area contributed by atoms with Crippen molar-refractivity contribution < 1.29 is 32.6 Å². The zero-order chi connectivity index (χ0) is 23.3. The van der Waals surface area contributed by atoms with Gasteiger partial charge in [-0.1, -0.05) is 6.07 Å². The minimum absolute atomic E-state index is 0.0298. The number of anilines is 2. The van der Waals surface area contributed by atoms with Gasteiger partial charge in [-0.3, -0.25) is 14.3 Å². The van der Waals surface area contributed by atoms with Crippen molar-refractivity contribution >= 4 is 50.5 Å². The van der Waals surface area contributed by atoms with Gasteiger partial charge in [0.2, 0.25) is 5.91 Å². The lowest BCUT2D eigenvalue weighted by Gasteiger charge is -2.10. The van der Waals surface area contributed by atoms with Gasteiger partial charge in [-0.15, -0.1) is 11.3 Å². The molecule has 0 bridgehead atoms. The zero-order valence-electron chi connectivity index (χ0n) is 16.3. The number of thiophene rings is 1. The van der Waals surface area contributed by atoms with Crippen molar-refractivity contribution in [2.75, 3.05) is 16.6 Å². The van der Waals surface area contributed by atoms with E-state index in [2.05, 4.69) is 10.0 Å². The molecule has 32 heavy (non-hydrogen) atoms. The predicted molar refractivity (Wildman–Crippen MR) is 117 cm³/mol. The van der Waals surface area contributed by atoms with Gasteiger partial charge in [0.1, 0.15) is 15.5 Å². The molecule has 1 heterocycles. The van der Waals surface area contributed by atoms with Crippen LogP contribution < -0.4 is 15.8 Å². The third-order valence-corrected chi connectivity index (χ3v) is 6.79. The number of rotatable bonds is 8. The van der Waals surface area contributed by atoms with Crippen LogP contribution in [0.15, 0.2) is 64.2 Å². The quantitative estimate of drug-likeness (QED) is 0.286. The number of benzene rings is 2. The molecule has 0 fully saturated rings. The molecule has 0 saturated carbocycles. The Morgan fingerprint density at radius 1 is 1.03 bits per heavy atom. The fourth-order valence-corrected chi connectivity index (χ4v) is 4.55. The molecule has 2 aromatic carbocycles. The van der Waals surface area contributed by atoms with Gasteiger partial charge in [0.25, 0.3) is 15.9 Å². The maximum Gasteiger partial charge on any atom is 0.342 e. The molecule has 1 aromatic heterocycles. The van der Waals surface area contributed by atoms with E-state index in [1.54, 1.807) is 11.4 Å². The third-order valence-electron chi connectivity index (χ3n) is 4.02. The Hall–Kier alpha value is -3.90. The van der Waals surface area contributed by atoms with Gasteiger partial charge in [0.05, 0.1) is 0 Å². The smallest absolute Gasteiger partial charge is 0.342 e. The second-order valence-electron chi connectivity index (χ2n) is 6.34. The van der Waals surface area contributed by atoms with E-state index < -0.39 is 40.2 Å². The second kappa shape index (κ2) is 9.49. The van der Waals surface area contributed by atoms with E-state index in [0.717, 1.165) is 23.5 Å². The predicted octanol–water partition coefficient (Wildman–Crippen LogP) is 2.15. The van der Waals surface area contributed by atoms with Crippen LogP contribution in [0.25, 0.3) is 0 Å². The number of nitrogens with one attached hydrogen (secondary N) is 2. The van der Waals surface area contributed by atoms with Gasteiger partial charge in [-0.25, -0.2) is 13.2 Å². The van der Waals surface area contributed by atoms with E-state index in [1.165, 1.54) is 36.4 Å². The summed E-state index contributed by atoms with van der Waals surface area (Å²) >= 11 is 1.02. The van der Waals surface area contributed by atoms with E-state index in [0.29, 0.717) is 5.69 Å². The number of phenolic OH excluding ortho intramolecular Hbond substituents is 1. The highest BCUT2D eigenvalue weighted by atomic mass is 32.2. The van der Waals surface area contributed by atoms with Crippen molar-refractivity contribution in [3.63, 3.8) is 0 Å². The molecule has 5 N–H and O–H groups in total. The molecule has 12 heteroatoms. The highest BCUT2D eigenvalue weighted by Crippen LogP contribution is 2.25. The fourth-order valence-electron chi connectivity index (χ4n) is 2.51. The molecule has 166 valence electrons. The average Bonchev–Trinajstić information content (AvgIpc) is 3.30. The molecule has 0 radical (unpaired) electrons. The molecule has 0 saturated heterocycles. The molecule has 3 aromatic rings. The monoisotopic (exact) mass is 475 g/mol. The van der Waals surface area contributed by atoms with Gasteiger partial charge in [0.15, 0.2) is 6.61 Å². The van der Waals surface area contributed by atoms with Crippen LogP contribution in [0, 0.1) is 0 Å². The number of hydrogen-bond donors (Lipinski definition) is 4. The Labute approximate surface area is 186 Å². The molecule has 3 rings (SSSR count). The second-order valence-corrected chi connectivity index (χ2v) is 9.19. The molecular weight excluding hydrogens is 458 g/mol. The van der Waals surface area contributed by atoms with E-state index in [-0.39, 0.29) is 21.0 Å². The largest absolute Gasteiger partial charge is 0.507 e. The van der Waals surface area contributed by atoms with Crippen molar-refractivity contribution in [1.82, 2.24) is 0 Å². The van der Waals surface area contributed by atoms with Crippen molar-refractivity contribution in [3.05, 3.63) is 71.1 Å². The van der Waals surface area contributed by atoms with Crippen LogP contribution in [0.5, 0.6) is 5.75 Å². The highest BCUT2D eigenvalue weighted by Gasteiger charge is 2.19. The van der Waals surface area contributed by atoms with Crippen LogP contribution in [-0.4, -0.2) is 37.9 Å². The fraction of sp³-hybridized carbons (Fsp3) is 0.0500. The van der Waals surface area contributed by atoms with Gasteiger partial charge < -0.3 is 20.9 Å². The first kappa shape index (κ1) is 22.8. The number of primary amides is 1. The summed E-state index contributed by atoms with van der Waals surface area (Å²) in [6, 6.07) is 12.3. The van der Waals surface area contributed by atoms with Crippen LogP contribution in [0.1, 0.15) is 20.7 Å². The number of hydrogen-bond acceptors (Lipinski definition) is 8. The maximum atomic E-state index is 12.3. The number of nitrogens with two attached hydrogens (primary N) is 1. The lowest BCUT2D eigenvalue weighted by molar-refractivity contribution is -0.119. The summed E-state index contributed by atoms with van der Waals surface area (Å²) < 4.78 is 31.9. The van der Waals surface area contributed by atoms with E-state index in [1.807, 2.05) is 0 Å². The summed E-state index contributed by atoms with van der Waals surface area (Å²) in [4.78, 5) is 35.4. The average molecular weight is 476 g/mol. The number of amides is 2. The number of aromatic hydroxyl groups is 1. The van der Waals surface area contributed by atoms with Crippen LogP contribution in [0.3, 0.4) is 0 Å². The standard InChI is InChI=1S/C20H17N3O7S2/c21-19(26)12-3-5-13(6-4-12)22-17(25)11-30-20(27)15-10-14(7-8-16(15)24)23-32(28,29)18-2-1-9-31-18/h1-10,23-24H,11H2,(H2,21,26)(H,22,25). The van der Waals surface area contributed by atoms with Gasteiger partial charge in [-0.05, 0) is 53.9 Å². The van der Waals surface area contributed by atoms with Gasteiger partial charge in [-0.2, -0.15) is 0 Å². The van der Waals surface area contributed by atoms with E-state index >= 15 is 0 Å². The minimum Gasteiger partial charge on any atom is -0.507 e. The molecule has 0 spiro atoms. The number of carbonyl (C=O) groups excluding carboxylic acids is 3. The number of phenols is 1. The molecule has 10 nitrogen and oxygen atoms in total. The van der Waals surface area contributed by atoms with Crippen LogP contribution in [-0.2, 0) is 19.6 Å². The molecule has 0 aliphatic heterocycles. The Bertz CT molecular complexity index is 1250.